The van der Waals surface area contributed by atoms with Gasteiger partial charge in [-0.2, -0.15) is 0 Å². The Kier molecular flexibility index (Phi) is 5.56. The number of esters is 1. The summed E-state index contributed by atoms with van der Waals surface area (Å²) >= 11 is 5.72. The van der Waals surface area contributed by atoms with Gasteiger partial charge < -0.3 is 10.1 Å². The van der Waals surface area contributed by atoms with Crippen molar-refractivity contribution in [3.63, 3.8) is 0 Å². The molecule has 6 heteroatoms. The molecule has 1 aliphatic carbocycles. The van der Waals surface area contributed by atoms with E-state index in [0.717, 1.165) is 12.8 Å². The van der Waals surface area contributed by atoms with Crippen LogP contribution >= 0.6 is 11.6 Å². The summed E-state index contributed by atoms with van der Waals surface area (Å²) < 4.78 is 5.17. The number of hydrogen-bond donors (Lipinski definition) is 1. The summed E-state index contributed by atoms with van der Waals surface area (Å²) in [6, 6.07) is 3.22. The molecule has 0 saturated heterocycles. The van der Waals surface area contributed by atoms with E-state index in [4.69, 9.17) is 16.3 Å². The Morgan fingerprint density at radius 2 is 2.14 bits per heavy atom. The zero-order valence-corrected chi connectivity index (χ0v) is 12.7. The van der Waals surface area contributed by atoms with E-state index in [1.54, 1.807) is 19.1 Å². The van der Waals surface area contributed by atoms with Crippen LogP contribution in [0, 0.1) is 5.92 Å². The highest BCUT2D eigenvalue weighted by molar-refractivity contribution is 6.30. The van der Waals surface area contributed by atoms with Gasteiger partial charge in [-0.1, -0.05) is 24.4 Å². The number of aromatic nitrogens is 1. The Bertz CT molecular complexity index is 498. The maximum absolute atomic E-state index is 11.9. The molecule has 1 atom stereocenters. The van der Waals surface area contributed by atoms with Crippen LogP contribution < -0.4 is 5.32 Å². The molecular formula is C15H19ClN2O3. The number of hydrogen-bond acceptors (Lipinski definition) is 4. The minimum Gasteiger partial charge on any atom is -0.453 e. The summed E-state index contributed by atoms with van der Waals surface area (Å²) in [5, 5.41) is 3.07. The van der Waals surface area contributed by atoms with Gasteiger partial charge in [0.25, 0.3) is 5.91 Å². The van der Waals surface area contributed by atoms with Crippen molar-refractivity contribution in [2.24, 2.45) is 5.92 Å². The third-order valence-corrected chi connectivity index (χ3v) is 3.81. The second-order valence-corrected chi connectivity index (χ2v) is 5.77. The number of anilines is 1. The van der Waals surface area contributed by atoms with E-state index in [2.05, 4.69) is 10.3 Å². The van der Waals surface area contributed by atoms with Crippen LogP contribution in [-0.4, -0.2) is 23.0 Å². The summed E-state index contributed by atoms with van der Waals surface area (Å²) in [6.07, 6.45) is 5.50. The predicted octanol–water partition coefficient (Wildman–Crippen LogP) is 3.19. The SMILES string of the molecule is C[C@@H](OC(=O)CC1CCCC1)C(=O)Nc1ccc(Cl)cn1. The first-order chi connectivity index (χ1) is 10.0. The number of nitrogens with one attached hydrogen (secondary N) is 1. The van der Waals surface area contributed by atoms with Crippen molar-refractivity contribution in [2.45, 2.75) is 45.1 Å². The minimum atomic E-state index is -0.837. The maximum atomic E-state index is 11.9. The van der Waals surface area contributed by atoms with Gasteiger partial charge >= 0.3 is 5.97 Å². The number of pyridine rings is 1. The smallest absolute Gasteiger partial charge is 0.306 e. The van der Waals surface area contributed by atoms with Gasteiger partial charge in [0.15, 0.2) is 6.10 Å². The fraction of sp³-hybridized carbons (Fsp3) is 0.533. The Balaban J connectivity index is 1.78. The van der Waals surface area contributed by atoms with Crippen LogP contribution in [0.4, 0.5) is 5.82 Å². The van der Waals surface area contributed by atoms with E-state index in [1.807, 2.05) is 0 Å². The van der Waals surface area contributed by atoms with Crippen LogP contribution in [-0.2, 0) is 14.3 Å². The Morgan fingerprint density at radius 1 is 1.43 bits per heavy atom. The maximum Gasteiger partial charge on any atom is 0.306 e. The summed E-state index contributed by atoms with van der Waals surface area (Å²) in [7, 11) is 0. The molecule has 0 spiro atoms. The van der Waals surface area contributed by atoms with Gasteiger partial charge in [0.05, 0.1) is 5.02 Å². The molecule has 0 bridgehead atoms. The molecule has 0 aromatic carbocycles. The summed E-state index contributed by atoms with van der Waals surface area (Å²) in [4.78, 5) is 27.6. The molecule has 0 aliphatic heterocycles. The summed E-state index contributed by atoms with van der Waals surface area (Å²) in [5.74, 6) is 0.0759. The molecule has 1 amide bonds. The normalized spacial score (nSPS) is 16.5. The number of nitrogens with zero attached hydrogens (tertiary/aromatic N) is 1. The summed E-state index contributed by atoms with van der Waals surface area (Å²) in [5.41, 5.74) is 0. The fourth-order valence-electron chi connectivity index (χ4n) is 2.43. The first kappa shape index (κ1) is 15.8. The van der Waals surface area contributed by atoms with Gasteiger partial charge in [0.1, 0.15) is 5.82 Å². The highest BCUT2D eigenvalue weighted by Crippen LogP contribution is 2.27. The van der Waals surface area contributed by atoms with E-state index in [0.29, 0.717) is 23.2 Å². The van der Waals surface area contributed by atoms with Gasteiger partial charge in [-0.05, 0) is 37.8 Å². The number of amides is 1. The van der Waals surface area contributed by atoms with Crippen molar-refractivity contribution < 1.29 is 14.3 Å². The van der Waals surface area contributed by atoms with Gasteiger partial charge in [-0.25, -0.2) is 4.98 Å². The summed E-state index contributed by atoms with van der Waals surface area (Å²) in [6.45, 7) is 1.55. The molecule has 1 aromatic rings. The minimum absolute atomic E-state index is 0.311. The van der Waals surface area contributed by atoms with Crippen LogP contribution in [0.25, 0.3) is 0 Å². The third-order valence-electron chi connectivity index (χ3n) is 3.59. The lowest BCUT2D eigenvalue weighted by Gasteiger charge is -2.14. The molecule has 1 aromatic heterocycles. The number of carbonyl (C=O) groups is 2. The van der Waals surface area contributed by atoms with Crippen molar-refractivity contribution in [3.8, 4) is 0 Å². The van der Waals surface area contributed by atoms with Gasteiger partial charge in [0, 0.05) is 12.6 Å². The fourth-order valence-corrected chi connectivity index (χ4v) is 2.54. The van der Waals surface area contributed by atoms with Gasteiger partial charge in [0.2, 0.25) is 0 Å². The molecule has 114 valence electrons. The van der Waals surface area contributed by atoms with Crippen molar-refractivity contribution in [1.29, 1.82) is 0 Å². The van der Waals surface area contributed by atoms with E-state index in [-0.39, 0.29) is 5.97 Å². The predicted molar refractivity (Wildman–Crippen MR) is 80.0 cm³/mol. The first-order valence-corrected chi connectivity index (χ1v) is 7.54. The van der Waals surface area contributed by atoms with Crippen molar-refractivity contribution in [2.75, 3.05) is 5.32 Å². The monoisotopic (exact) mass is 310 g/mol. The molecule has 2 rings (SSSR count). The standard InChI is InChI=1S/C15H19ClN2O3/c1-10(21-14(19)8-11-4-2-3-5-11)15(20)18-13-7-6-12(16)9-17-13/h6-7,9-11H,2-5,8H2,1H3,(H,17,18,20)/t10-/m1/s1. The number of ether oxygens (including phenoxy) is 1. The molecule has 1 saturated carbocycles. The molecule has 1 fully saturated rings. The zero-order valence-electron chi connectivity index (χ0n) is 12.0. The molecule has 5 nitrogen and oxygen atoms in total. The van der Waals surface area contributed by atoms with Gasteiger partial charge in [-0.15, -0.1) is 0 Å². The molecule has 1 heterocycles. The average Bonchev–Trinajstić information content (AvgIpc) is 2.94. The second-order valence-electron chi connectivity index (χ2n) is 5.34. The van der Waals surface area contributed by atoms with Crippen LogP contribution in [0.5, 0.6) is 0 Å². The second kappa shape index (κ2) is 7.41. The van der Waals surface area contributed by atoms with E-state index < -0.39 is 12.0 Å². The number of carbonyl (C=O) groups excluding carboxylic acids is 2. The molecule has 1 aliphatic rings. The molecular weight excluding hydrogens is 292 g/mol. The molecule has 0 unspecified atom stereocenters. The average molecular weight is 311 g/mol. The van der Waals surface area contributed by atoms with Crippen LogP contribution in [0.3, 0.4) is 0 Å². The number of halogens is 1. The third kappa shape index (κ3) is 5.01. The largest absolute Gasteiger partial charge is 0.453 e. The highest BCUT2D eigenvalue weighted by Gasteiger charge is 2.23. The van der Waals surface area contributed by atoms with E-state index in [1.165, 1.54) is 19.0 Å². The Labute approximate surface area is 129 Å². The quantitative estimate of drug-likeness (QED) is 0.848. The Morgan fingerprint density at radius 3 is 2.76 bits per heavy atom. The molecule has 1 N–H and O–H groups in total. The van der Waals surface area contributed by atoms with Crippen molar-refractivity contribution >= 4 is 29.3 Å². The van der Waals surface area contributed by atoms with Crippen LogP contribution in [0.15, 0.2) is 18.3 Å². The molecule has 21 heavy (non-hydrogen) atoms. The van der Waals surface area contributed by atoms with E-state index in [9.17, 15) is 9.59 Å². The molecule has 0 radical (unpaired) electrons. The lowest BCUT2D eigenvalue weighted by molar-refractivity contribution is -0.154. The van der Waals surface area contributed by atoms with Crippen molar-refractivity contribution in [1.82, 2.24) is 4.98 Å². The first-order valence-electron chi connectivity index (χ1n) is 7.16. The zero-order chi connectivity index (χ0) is 15.2. The van der Waals surface area contributed by atoms with Crippen molar-refractivity contribution in [3.05, 3.63) is 23.4 Å². The van der Waals surface area contributed by atoms with Gasteiger partial charge in [-0.3, -0.25) is 9.59 Å². The van der Waals surface area contributed by atoms with Crippen LogP contribution in [0.2, 0.25) is 5.02 Å². The lowest BCUT2D eigenvalue weighted by atomic mass is 10.0. The van der Waals surface area contributed by atoms with Crippen LogP contribution in [0.1, 0.15) is 39.0 Å². The lowest BCUT2D eigenvalue weighted by Crippen LogP contribution is -2.30. The highest BCUT2D eigenvalue weighted by atomic mass is 35.5. The Hall–Kier alpha value is -1.62. The number of rotatable bonds is 5. The topological polar surface area (TPSA) is 68.3 Å². The van der Waals surface area contributed by atoms with E-state index >= 15 is 0 Å².